The normalized spacial score (nSPS) is 11.2. The number of carbonyl (C=O) groups excluding carboxylic acids is 2. The van der Waals surface area contributed by atoms with Gasteiger partial charge < -0.3 is 10.6 Å². The van der Waals surface area contributed by atoms with Crippen molar-refractivity contribution in [3.63, 3.8) is 0 Å². The molecule has 0 fully saturated rings. The predicted octanol–water partition coefficient (Wildman–Crippen LogP) is 2.19. The second kappa shape index (κ2) is 8.11. The molecule has 138 valence electrons. The highest BCUT2D eigenvalue weighted by molar-refractivity contribution is 7.89. The van der Waals surface area contributed by atoms with Gasteiger partial charge in [0.15, 0.2) is 5.78 Å². The van der Waals surface area contributed by atoms with Crippen molar-refractivity contribution >= 4 is 33.1 Å². The van der Waals surface area contributed by atoms with Crippen LogP contribution in [-0.2, 0) is 14.8 Å². The van der Waals surface area contributed by atoms with E-state index in [1.165, 1.54) is 33.2 Å². The zero-order valence-electron chi connectivity index (χ0n) is 14.8. The number of carbonyl (C=O) groups is 2. The molecule has 0 spiro atoms. The Kier molecular flexibility index (Phi) is 6.12. The van der Waals surface area contributed by atoms with Gasteiger partial charge in [-0.15, -0.1) is 0 Å². The molecule has 7 nitrogen and oxygen atoms in total. The van der Waals surface area contributed by atoms with Crippen LogP contribution in [0.4, 0.5) is 11.4 Å². The fraction of sp³-hybridized carbons (Fsp3) is 0.222. The van der Waals surface area contributed by atoms with Gasteiger partial charge in [-0.05, 0) is 37.3 Å². The van der Waals surface area contributed by atoms with Crippen molar-refractivity contribution in [3.8, 4) is 0 Å². The summed E-state index contributed by atoms with van der Waals surface area (Å²) in [6, 6.07) is 12.9. The zero-order valence-corrected chi connectivity index (χ0v) is 15.6. The first-order chi connectivity index (χ1) is 12.2. The average Bonchev–Trinajstić information content (AvgIpc) is 2.60. The maximum absolute atomic E-state index is 12.2. The van der Waals surface area contributed by atoms with Gasteiger partial charge in [0, 0.05) is 31.0 Å². The third kappa shape index (κ3) is 4.68. The van der Waals surface area contributed by atoms with Crippen LogP contribution in [0.1, 0.15) is 17.3 Å². The van der Waals surface area contributed by atoms with Crippen LogP contribution in [-0.4, -0.2) is 45.1 Å². The van der Waals surface area contributed by atoms with E-state index < -0.39 is 10.0 Å². The first-order valence-corrected chi connectivity index (χ1v) is 9.32. The summed E-state index contributed by atoms with van der Waals surface area (Å²) in [6.45, 7) is 1.40. The first kappa shape index (κ1) is 19.6. The lowest BCUT2D eigenvalue weighted by Gasteiger charge is -2.13. The number of hydrogen-bond acceptors (Lipinski definition) is 5. The van der Waals surface area contributed by atoms with E-state index in [0.29, 0.717) is 16.9 Å². The van der Waals surface area contributed by atoms with Gasteiger partial charge in [0.25, 0.3) is 0 Å². The Morgan fingerprint density at radius 2 is 1.73 bits per heavy atom. The van der Waals surface area contributed by atoms with Crippen molar-refractivity contribution in [1.29, 1.82) is 0 Å². The van der Waals surface area contributed by atoms with Crippen LogP contribution < -0.4 is 10.6 Å². The van der Waals surface area contributed by atoms with E-state index in [1.54, 1.807) is 36.4 Å². The summed E-state index contributed by atoms with van der Waals surface area (Å²) in [5.74, 6) is -0.460. The molecule has 0 saturated heterocycles. The molecule has 2 rings (SSSR count). The summed E-state index contributed by atoms with van der Waals surface area (Å²) in [7, 11) is -0.694. The quantitative estimate of drug-likeness (QED) is 0.723. The lowest BCUT2D eigenvalue weighted by molar-refractivity contribution is -0.114. The van der Waals surface area contributed by atoms with Crippen molar-refractivity contribution in [1.82, 2.24) is 4.31 Å². The van der Waals surface area contributed by atoms with Gasteiger partial charge in [0.1, 0.15) is 0 Å². The Morgan fingerprint density at radius 1 is 1.04 bits per heavy atom. The molecule has 0 aromatic heterocycles. The summed E-state index contributed by atoms with van der Waals surface area (Å²) in [4.78, 5) is 23.8. The second-order valence-electron chi connectivity index (χ2n) is 5.82. The Hall–Kier alpha value is -2.71. The Morgan fingerprint density at radius 3 is 2.38 bits per heavy atom. The van der Waals surface area contributed by atoms with Crippen molar-refractivity contribution in [3.05, 3.63) is 54.1 Å². The molecule has 0 aliphatic rings. The fourth-order valence-electron chi connectivity index (χ4n) is 2.27. The van der Waals surface area contributed by atoms with E-state index in [0.717, 1.165) is 4.31 Å². The van der Waals surface area contributed by atoms with Crippen molar-refractivity contribution in [2.45, 2.75) is 11.8 Å². The number of sulfonamides is 1. The number of anilines is 2. The predicted molar refractivity (Wildman–Crippen MR) is 101 cm³/mol. The van der Waals surface area contributed by atoms with Gasteiger partial charge in [0.05, 0.1) is 11.4 Å². The van der Waals surface area contributed by atoms with Crippen LogP contribution in [0.3, 0.4) is 0 Å². The summed E-state index contributed by atoms with van der Waals surface area (Å²) >= 11 is 0. The van der Waals surface area contributed by atoms with E-state index in [1.807, 2.05) is 0 Å². The maximum Gasteiger partial charge on any atom is 0.243 e. The molecule has 0 aliphatic heterocycles. The van der Waals surface area contributed by atoms with Crippen molar-refractivity contribution < 1.29 is 18.0 Å². The molecule has 2 N–H and O–H groups in total. The lowest BCUT2D eigenvalue weighted by Crippen LogP contribution is -2.24. The Bertz CT molecular complexity index is 924. The van der Waals surface area contributed by atoms with Gasteiger partial charge in [-0.3, -0.25) is 9.59 Å². The molecule has 8 heteroatoms. The molecular formula is C18H21N3O4S. The number of amides is 1. The number of benzene rings is 2. The summed E-state index contributed by atoms with van der Waals surface area (Å²) in [5.41, 5.74) is 1.44. The molecule has 26 heavy (non-hydrogen) atoms. The topological polar surface area (TPSA) is 95.6 Å². The number of ketones is 1. The molecule has 0 heterocycles. The summed E-state index contributed by atoms with van der Waals surface area (Å²) in [5, 5.41) is 5.56. The number of para-hydroxylation sites is 1. The van der Waals surface area contributed by atoms with E-state index in [9.17, 15) is 18.0 Å². The van der Waals surface area contributed by atoms with Crippen LogP contribution >= 0.6 is 0 Å². The Balaban J connectivity index is 2.07. The number of Topliss-reactive ketones (excluding diaryl/α,β-unsaturated/α-hetero) is 1. The van der Waals surface area contributed by atoms with Crippen LogP contribution in [0.5, 0.6) is 0 Å². The van der Waals surface area contributed by atoms with Gasteiger partial charge in [-0.25, -0.2) is 12.7 Å². The molecule has 0 radical (unpaired) electrons. The minimum Gasteiger partial charge on any atom is -0.376 e. The molecule has 1 amide bonds. The molecule has 2 aromatic carbocycles. The highest BCUT2D eigenvalue weighted by Crippen LogP contribution is 2.18. The van der Waals surface area contributed by atoms with E-state index in [2.05, 4.69) is 10.6 Å². The monoisotopic (exact) mass is 375 g/mol. The van der Waals surface area contributed by atoms with Crippen LogP contribution in [0, 0.1) is 0 Å². The first-order valence-electron chi connectivity index (χ1n) is 7.88. The molecule has 0 saturated carbocycles. The highest BCUT2D eigenvalue weighted by Gasteiger charge is 2.17. The number of hydrogen-bond donors (Lipinski definition) is 2. The molecule has 2 aromatic rings. The zero-order chi connectivity index (χ0) is 19.3. The fourth-order valence-corrected chi connectivity index (χ4v) is 3.22. The highest BCUT2D eigenvalue weighted by atomic mass is 32.2. The van der Waals surface area contributed by atoms with Crippen molar-refractivity contribution in [2.24, 2.45) is 0 Å². The van der Waals surface area contributed by atoms with Crippen molar-refractivity contribution in [2.75, 3.05) is 31.3 Å². The molecule has 0 unspecified atom stereocenters. The molecular weight excluding hydrogens is 354 g/mol. The third-order valence-corrected chi connectivity index (χ3v) is 5.45. The number of nitrogens with one attached hydrogen (secondary N) is 2. The van der Waals surface area contributed by atoms with Gasteiger partial charge in [-0.2, -0.15) is 0 Å². The standard InChI is InChI=1S/C18H21N3O4S/c1-13(22)16-9-4-5-10-17(16)19-12-18(23)20-14-7-6-8-15(11-14)26(24,25)21(2)3/h4-11,19H,12H2,1-3H3,(H,20,23). The van der Waals surface area contributed by atoms with Gasteiger partial charge in [0.2, 0.25) is 15.9 Å². The maximum atomic E-state index is 12.2. The molecule has 0 atom stereocenters. The summed E-state index contributed by atoms with van der Waals surface area (Å²) in [6.07, 6.45) is 0. The second-order valence-corrected chi connectivity index (χ2v) is 7.97. The minimum atomic E-state index is -3.58. The number of nitrogens with zero attached hydrogens (tertiary/aromatic N) is 1. The SMILES string of the molecule is CC(=O)c1ccccc1NCC(=O)Nc1cccc(S(=O)(=O)N(C)C)c1. The minimum absolute atomic E-state index is 0.0606. The van der Waals surface area contributed by atoms with Crippen LogP contribution in [0.25, 0.3) is 0 Å². The third-order valence-electron chi connectivity index (χ3n) is 3.64. The van der Waals surface area contributed by atoms with Gasteiger partial charge in [-0.1, -0.05) is 18.2 Å². The van der Waals surface area contributed by atoms with Crippen LogP contribution in [0.2, 0.25) is 0 Å². The Labute approximate surface area is 153 Å². The number of rotatable bonds is 7. The molecule has 0 bridgehead atoms. The van der Waals surface area contributed by atoms with Crippen LogP contribution in [0.15, 0.2) is 53.4 Å². The summed E-state index contributed by atoms with van der Waals surface area (Å²) < 4.78 is 25.4. The largest absolute Gasteiger partial charge is 0.376 e. The smallest absolute Gasteiger partial charge is 0.243 e. The van der Waals surface area contributed by atoms with Gasteiger partial charge >= 0.3 is 0 Å². The average molecular weight is 375 g/mol. The lowest BCUT2D eigenvalue weighted by atomic mass is 10.1. The van der Waals surface area contributed by atoms with E-state index >= 15 is 0 Å². The molecule has 0 aliphatic carbocycles. The van der Waals surface area contributed by atoms with E-state index in [4.69, 9.17) is 0 Å². The van der Waals surface area contributed by atoms with E-state index in [-0.39, 0.29) is 23.1 Å².